The summed E-state index contributed by atoms with van der Waals surface area (Å²) in [5, 5.41) is 6.58. The topological polar surface area (TPSA) is 66.8 Å². The lowest BCUT2D eigenvalue weighted by Gasteiger charge is -2.27. The number of hydrogen-bond donors (Lipinski definition) is 1. The first kappa shape index (κ1) is 17.2. The Morgan fingerprint density at radius 1 is 1.38 bits per heavy atom. The van der Waals surface area contributed by atoms with Crippen molar-refractivity contribution < 1.29 is 0 Å². The number of hydrogen-bond acceptors (Lipinski definition) is 5. The second-order valence-electron chi connectivity index (χ2n) is 6.78. The van der Waals surface area contributed by atoms with Crippen LogP contribution in [0.4, 0.5) is 0 Å². The van der Waals surface area contributed by atoms with E-state index < -0.39 is 0 Å². The van der Waals surface area contributed by atoms with Gasteiger partial charge in [0.15, 0.2) is 5.82 Å². The highest BCUT2D eigenvalue weighted by Crippen LogP contribution is 2.23. The molecule has 0 spiro atoms. The number of aryl methyl sites for hydroxylation is 2. The van der Waals surface area contributed by atoms with Gasteiger partial charge in [-0.05, 0) is 24.8 Å². The molecule has 0 bridgehead atoms. The lowest BCUT2D eigenvalue weighted by Crippen LogP contribution is -2.35. The molecule has 0 saturated heterocycles. The summed E-state index contributed by atoms with van der Waals surface area (Å²) in [5.74, 6) is 0.689. The zero-order chi connectivity index (χ0) is 18.1. The number of rotatable bonds is 5. The quantitative estimate of drug-likeness (QED) is 0.751. The minimum Gasteiger partial charge on any atom is -0.306 e. The fourth-order valence-corrected chi connectivity index (χ4v) is 4.11. The van der Waals surface area contributed by atoms with Crippen LogP contribution in [0.2, 0.25) is 0 Å². The summed E-state index contributed by atoms with van der Waals surface area (Å²) in [4.78, 5) is 23.6. The molecule has 3 aromatic rings. The highest BCUT2D eigenvalue weighted by Gasteiger charge is 2.22. The van der Waals surface area contributed by atoms with Gasteiger partial charge >= 0.3 is 0 Å². The van der Waals surface area contributed by atoms with Gasteiger partial charge in [0.1, 0.15) is 0 Å². The van der Waals surface area contributed by atoms with Crippen LogP contribution in [-0.4, -0.2) is 31.2 Å². The zero-order valence-corrected chi connectivity index (χ0v) is 16.0. The van der Waals surface area contributed by atoms with Gasteiger partial charge in [-0.1, -0.05) is 13.0 Å². The third kappa shape index (κ3) is 3.37. The summed E-state index contributed by atoms with van der Waals surface area (Å²) in [5.41, 5.74) is 4.04. The van der Waals surface area contributed by atoms with Crippen molar-refractivity contribution in [2.24, 2.45) is 0 Å². The van der Waals surface area contributed by atoms with Crippen LogP contribution in [0, 0.1) is 6.92 Å². The van der Waals surface area contributed by atoms with Crippen LogP contribution in [-0.2, 0) is 26.1 Å². The number of nitrogens with zero attached hydrogens (tertiary/aromatic N) is 4. The van der Waals surface area contributed by atoms with Gasteiger partial charge in [-0.25, -0.2) is 4.98 Å². The lowest BCUT2D eigenvalue weighted by atomic mass is 10.1. The van der Waals surface area contributed by atoms with Gasteiger partial charge < -0.3 is 4.98 Å². The molecule has 0 aliphatic carbocycles. The maximum absolute atomic E-state index is 12.6. The smallest absolute Gasteiger partial charge is 0.255 e. The van der Waals surface area contributed by atoms with Crippen molar-refractivity contribution in [3.63, 3.8) is 0 Å². The van der Waals surface area contributed by atoms with Crippen LogP contribution >= 0.6 is 11.3 Å². The molecule has 4 rings (SSSR count). The maximum Gasteiger partial charge on any atom is 0.255 e. The van der Waals surface area contributed by atoms with Crippen molar-refractivity contribution in [3.8, 4) is 10.7 Å². The summed E-state index contributed by atoms with van der Waals surface area (Å²) < 4.78 is 2.02. The van der Waals surface area contributed by atoms with Crippen molar-refractivity contribution in [3.05, 3.63) is 56.6 Å². The highest BCUT2D eigenvalue weighted by atomic mass is 32.1. The zero-order valence-electron chi connectivity index (χ0n) is 15.2. The van der Waals surface area contributed by atoms with Crippen molar-refractivity contribution in [1.82, 2.24) is 24.6 Å². The molecule has 7 heteroatoms. The molecule has 0 fully saturated rings. The Bertz CT molecular complexity index is 957. The summed E-state index contributed by atoms with van der Waals surface area (Å²) in [7, 11) is 0. The monoisotopic (exact) mass is 369 g/mol. The minimum absolute atomic E-state index is 0.0125. The number of nitrogens with one attached hydrogen (secondary N) is 1. The molecule has 1 aliphatic heterocycles. The van der Waals surface area contributed by atoms with Crippen LogP contribution in [0.3, 0.4) is 0 Å². The second kappa shape index (κ2) is 7.17. The van der Waals surface area contributed by atoms with E-state index in [1.807, 2.05) is 22.2 Å². The minimum atomic E-state index is -0.0125. The molecule has 3 aromatic heterocycles. The van der Waals surface area contributed by atoms with Crippen LogP contribution in [0.25, 0.3) is 10.7 Å². The predicted molar refractivity (Wildman–Crippen MR) is 103 cm³/mol. The van der Waals surface area contributed by atoms with E-state index in [1.54, 1.807) is 11.3 Å². The Labute approximate surface area is 156 Å². The van der Waals surface area contributed by atoms with Crippen LogP contribution in [0.15, 0.2) is 28.5 Å². The van der Waals surface area contributed by atoms with E-state index in [0.29, 0.717) is 12.4 Å². The summed E-state index contributed by atoms with van der Waals surface area (Å²) in [6.07, 6.45) is 4.02. The largest absolute Gasteiger partial charge is 0.306 e. The first-order valence-corrected chi connectivity index (χ1v) is 9.93. The van der Waals surface area contributed by atoms with E-state index in [0.717, 1.165) is 54.3 Å². The maximum atomic E-state index is 12.6. The van der Waals surface area contributed by atoms with Crippen molar-refractivity contribution in [2.75, 3.05) is 6.54 Å². The Kier molecular flexibility index (Phi) is 4.74. The van der Waals surface area contributed by atoms with Gasteiger partial charge in [-0.15, -0.1) is 11.3 Å². The van der Waals surface area contributed by atoms with Gasteiger partial charge in [-0.3, -0.25) is 14.4 Å². The Balaban J connectivity index is 1.54. The van der Waals surface area contributed by atoms with Gasteiger partial charge in [0.25, 0.3) is 5.56 Å². The van der Waals surface area contributed by atoms with Gasteiger partial charge in [0.2, 0.25) is 0 Å². The number of thiophene rings is 1. The third-order valence-corrected chi connectivity index (χ3v) is 5.67. The van der Waals surface area contributed by atoms with Crippen LogP contribution in [0.1, 0.15) is 35.9 Å². The molecule has 0 saturated carbocycles. The van der Waals surface area contributed by atoms with E-state index >= 15 is 0 Å². The van der Waals surface area contributed by atoms with E-state index in [2.05, 4.69) is 35.0 Å². The van der Waals surface area contributed by atoms with Crippen molar-refractivity contribution >= 4 is 11.3 Å². The van der Waals surface area contributed by atoms with E-state index in [4.69, 9.17) is 4.98 Å². The lowest BCUT2D eigenvalue weighted by molar-refractivity contribution is 0.241. The summed E-state index contributed by atoms with van der Waals surface area (Å²) in [6.45, 7) is 7.52. The predicted octanol–water partition coefficient (Wildman–Crippen LogP) is 2.97. The average molecular weight is 369 g/mol. The van der Waals surface area contributed by atoms with E-state index in [9.17, 15) is 4.79 Å². The number of aromatic amines is 1. The Morgan fingerprint density at radius 2 is 2.27 bits per heavy atom. The van der Waals surface area contributed by atoms with Crippen molar-refractivity contribution in [2.45, 2.75) is 46.3 Å². The molecular formula is C19H23N5OS. The molecule has 0 unspecified atom stereocenters. The molecule has 0 atom stereocenters. The molecule has 26 heavy (non-hydrogen) atoms. The summed E-state index contributed by atoms with van der Waals surface area (Å²) >= 11 is 1.59. The van der Waals surface area contributed by atoms with Gasteiger partial charge in [-0.2, -0.15) is 5.10 Å². The number of aromatic nitrogens is 4. The van der Waals surface area contributed by atoms with Crippen LogP contribution < -0.4 is 5.56 Å². The summed E-state index contributed by atoms with van der Waals surface area (Å²) in [6, 6.07) is 3.96. The second-order valence-corrected chi connectivity index (χ2v) is 7.73. The Morgan fingerprint density at radius 3 is 3.04 bits per heavy atom. The van der Waals surface area contributed by atoms with E-state index in [-0.39, 0.29) is 5.56 Å². The first-order chi connectivity index (χ1) is 12.6. The molecule has 6 nitrogen and oxygen atoms in total. The Hall–Kier alpha value is -2.25. The van der Waals surface area contributed by atoms with Gasteiger partial charge in [0, 0.05) is 44.4 Å². The van der Waals surface area contributed by atoms with E-state index in [1.165, 1.54) is 5.56 Å². The molecule has 136 valence electrons. The van der Waals surface area contributed by atoms with Crippen molar-refractivity contribution in [1.29, 1.82) is 0 Å². The molecule has 0 amide bonds. The molecule has 1 aliphatic rings. The fraction of sp³-hybridized carbons (Fsp3) is 0.421. The van der Waals surface area contributed by atoms with Crippen LogP contribution in [0.5, 0.6) is 0 Å². The first-order valence-electron chi connectivity index (χ1n) is 9.05. The number of H-pyrrole nitrogens is 1. The third-order valence-electron chi connectivity index (χ3n) is 4.80. The SMILES string of the molecule is CCCn1cc(CN2CCc3nc(-c4cccs4)[nH]c(=O)c3C2)c(C)n1. The van der Waals surface area contributed by atoms with Gasteiger partial charge in [0.05, 0.1) is 21.8 Å². The fourth-order valence-electron chi connectivity index (χ4n) is 3.44. The standard InChI is InChI=1S/C19H23N5OS/c1-3-7-24-11-14(13(2)22-24)10-23-8-6-16-15(12-23)19(25)21-18(20-16)17-5-4-9-26-17/h4-5,9,11H,3,6-8,10,12H2,1-2H3,(H,20,21,25). The normalized spacial score (nSPS) is 14.5. The molecule has 1 N–H and O–H groups in total. The molecule has 0 aromatic carbocycles. The molecular weight excluding hydrogens is 346 g/mol. The molecule has 0 radical (unpaired) electrons. The number of fused-ring (bicyclic) bond motifs is 1. The molecule has 4 heterocycles. The average Bonchev–Trinajstić information content (AvgIpc) is 3.26. The highest BCUT2D eigenvalue weighted by molar-refractivity contribution is 7.13.